The van der Waals surface area contributed by atoms with Crippen molar-refractivity contribution >= 4 is 10.8 Å². The first kappa shape index (κ1) is 20.1. The quantitative estimate of drug-likeness (QED) is 0.508. The number of benzene rings is 3. The lowest BCUT2D eigenvalue weighted by Gasteiger charge is -2.27. The molecule has 0 saturated heterocycles. The van der Waals surface area contributed by atoms with Gasteiger partial charge in [-0.2, -0.15) is 0 Å². The third kappa shape index (κ3) is 4.71. The second-order valence-corrected chi connectivity index (χ2v) is 8.45. The molecule has 29 heavy (non-hydrogen) atoms. The van der Waals surface area contributed by atoms with E-state index in [1.165, 1.54) is 53.1 Å². The predicted molar refractivity (Wildman–Crippen MR) is 122 cm³/mol. The molecule has 0 spiro atoms. The van der Waals surface area contributed by atoms with Gasteiger partial charge in [0.05, 0.1) is 6.10 Å². The first-order chi connectivity index (χ1) is 14.3. The molecule has 1 aliphatic carbocycles. The molecule has 1 N–H and O–H groups in total. The highest BCUT2D eigenvalue weighted by Gasteiger charge is 2.20. The normalized spacial score (nSPS) is 14.9. The van der Waals surface area contributed by atoms with E-state index in [2.05, 4.69) is 72.5 Å². The fourth-order valence-corrected chi connectivity index (χ4v) is 4.74. The van der Waals surface area contributed by atoms with Gasteiger partial charge in [0.15, 0.2) is 0 Å². The second-order valence-electron chi connectivity index (χ2n) is 8.45. The number of aryl methyl sites for hydroxylation is 2. The Hall–Kier alpha value is -2.16. The van der Waals surface area contributed by atoms with E-state index >= 15 is 0 Å². The van der Waals surface area contributed by atoms with E-state index in [-0.39, 0.29) is 0 Å². The summed E-state index contributed by atoms with van der Waals surface area (Å²) in [5, 5.41) is 13.9. The van der Waals surface area contributed by atoms with E-state index in [4.69, 9.17) is 0 Å². The summed E-state index contributed by atoms with van der Waals surface area (Å²) in [6.07, 6.45) is 6.71. The monoisotopic (exact) mass is 387 g/mol. The molecule has 0 aliphatic heterocycles. The summed E-state index contributed by atoms with van der Waals surface area (Å²) in [5.41, 5.74) is 5.38. The first-order valence-corrected chi connectivity index (χ1v) is 11.2. The lowest BCUT2D eigenvalue weighted by molar-refractivity contribution is 0.109. The summed E-state index contributed by atoms with van der Waals surface area (Å²) >= 11 is 0. The molecule has 1 atom stereocenters. The highest BCUT2D eigenvalue weighted by Crippen LogP contribution is 2.34. The van der Waals surface area contributed by atoms with Crippen molar-refractivity contribution < 1.29 is 5.11 Å². The third-order valence-electron chi connectivity index (χ3n) is 6.27. The van der Waals surface area contributed by atoms with Crippen LogP contribution in [0.15, 0.2) is 60.7 Å². The molecule has 1 unspecified atom stereocenters. The number of nitrogens with zero attached hydrogens (tertiary/aromatic N) is 1. The molecule has 4 rings (SSSR count). The second kappa shape index (κ2) is 9.56. The van der Waals surface area contributed by atoms with E-state index in [1.807, 2.05) is 0 Å². The molecule has 0 radical (unpaired) electrons. The lowest BCUT2D eigenvalue weighted by atomic mass is 9.84. The van der Waals surface area contributed by atoms with E-state index in [0.717, 1.165) is 31.5 Å². The highest BCUT2D eigenvalue weighted by atomic mass is 16.3. The molecule has 0 aromatic heterocycles. The maximum absolute atomic E-state index is 11.3. The molecule has 152 valence electrons. The Balaban J connectivity index is 1.62. The summed E-state index contributed by atoms with van der Waals surface area (Å²) < 4.78 is 0. The molecular weight excluding hydrogens is 354 g/mol. The van der Waals surface area contributed by atoms with Crippen molar-refractivity contribution in [3.63, 3.8) is 0 Å². The molecule has 2 heteroatoms. The zero-order chi connectivity index (χ0) is 20.1. The van der Waals surface area contributed by atoms with Gasteiger partial charge in [0.1, 0.15) is 0 Å². The van der Waals surface area contributed by atoms with Gasteiger partial charge in [0, 0.05) is 13.1 Å². The number of hydrogen-bond acceptors (Lipinski definition) is 2. The first-order valence-electron chi connectivity index (χ1n) is 11.2. The van der Waals surface area contributed by atoms with E-state index in [1.54, 1.807) is 0 Å². The van der Waals surface area contributed by atoms with Gasteiger partial charge in [-0.25, -0.2) is 0 Å². The number of unbranched alkanes of at least 4 members (excludes halogenated alkanes) is 1. The smallest absolute Gasteiger partial charge is 0.0923 e. The minimum atomic E-state index is -0.465. The van der Waals surface area contributed by atoms with Crippen molar-refractivity contribution in [3.05, 3.63) is 82.9 Å². The molecule has 0 bridgehead atoms. The van der Waals surface area contributed by atoms with Crippen LogP contribution >= 0.6 is 0 Å². The van der Waals surface area contributed by atoms with Crippen molar-refractivity contribution in [2.24, 2.45) is 0 Å². The van der Waals surface area contributed by atoms with Crippen molar-refractivity contribution in [3.8, 4) is 0 Å². The Labute approximate surface area is 175 Å². The zero-order valence-corrected chi connectivity index (χ0v) is 17.6. The van der Waals surface area contributed by atoms with Crippen LogP contribution in [0.2, 0.25) is 0 Å². The Morgan fingerprint density at radius 3 is 2.45 bits per heavy atom. The predicted octanol–water partition coefficient (Wildman–Crippen LogP) is 6.05. The number of hydrogen-bond donors (Lipinski definition) is 1. The summed E-state index contributed by atoms with van der Waals surface area (Å²) in [7, 11) is 0. The third-order valence-corrected chi connectivity index (χ3v) is 6.27. The average Bonchev–Trinajstić information content (AvgIpc) is 2.77. The summed E-state index contributed by atoms with van der Waals surface area (Å²) in [4.78, 5) is 2.41. The van der Waals surface area contributed by atoms with Crippen LogP contribution in [0.25, 0.3) is 10.8 Å². The van der Waals surface area contributed by atoms with Gasteiger partial charge >= 0.3 is 0 Å². The van der Waals surface area contributed by atoms with Crippen LogP contribution < -0.4 is 0 Å². The lowest BCUT2D eigenvalue weighted by Crippen LogP contribution is -2.29. The number of aliphatic hydroxyl groups excluding tert-OH is 1. The molecule has 0 heterocycles. The van der Waals surface area contributed by atoms with Gasteiger partial charge in [-0.3, -0.25) is 4.90 Å². The molecule has 3 aromatic rings. The fourth-order valence-electron chi connectivity index (χ4n) is 4.74. The van der Waals surface area contributed by atoms with Crippen LogP contribution in [0, 0.1) is 0 Å². The molecule has 1 aliphatic rings. The minimum absolute atomic E-state index is 0.465. The Morgan fingerprint density at radius 2 is 1.66 bits per heavy atom. The molecule has 0 amide bonds. The topological polar surface area (TPSA) is 23.5 Å². The maximum atomic E-state index is 11.3. The summed E-state index contributed by atoms with van der Waals surface area (Å²) in [6, 6.07) is 21.6. The highest BCUT2D eigenvalue weighted by molar-refractivity contribution is 5.90. The Bertz CT molecular complexity index is 934. The largest absolute Gasteiger partial charge is 0.387 e. The van der Waals surface area contributed by atoms with E-state index < -0.39 is 6.10 Å². The van der Waals surface area contributed by atoms with Crippen LogP contribution in [0.4, 0.5) is 0 Å². The standard InChI is InChI=1S/C27H33NO/c1-2-3-17-28(19-21-11-5-4-6-12-21)20-27(29)26-18-22-13-7-8-14-23(22)24-15-9-10-16-25(24)26/h4-6,9-12,15-16,18,27,29H,2-3,7-8,13-14,17,19-20H2,1H3. The van der Waals surface area contributed by atoms with Gasteiger partial charge in [-0.05, 0) is 71.7 Å². The van der Waals surface area contributed by atoms with Crippen LogP contribution in [0.3, 0.4) is 0 Å². The van der Waals surface area contributed by atoms with Crippen molar-refractivity contribution in [1.82, 2.24) is 4.90 Å². The summed E-state index contributed by atoms with van der Waals surface area (Å²) in [6.45, 7) is 4.82. The van der Waals surface area contributed by atoms with Crippen LogP contribution in [0.1, 0.15) is 61.0 Å². The Kier molecular flexibility index (Phi) is 6.63. The molecule has 0 fully saturated rings. The summed E-state index contributed by atoms with van der Waals surface area (Å²) in [5.74, 6) is 0. The van der Waals surface area contributed by atoms with Crippen molar-refractivity contribution in [2.75, 3.05) is 13.1 Å². The van der Waals surface area contributed by atoms with Gasteiger partial charge < -0.3 is 5.11 Å². The molecule has 0 saturated carbocycles. The number of fused-ring (bicyclic) bond motifs is 3. The number of rotatable bonds is 8. The van der Waals surface area contributed by atoms with Gasteiger partial charge in [0.25, 0.3) is 0 Å². The van der Waals surface area contributed by atoms with Crippen LogP contribution in [0.5, 0.6) is 0 Å². The SMILES string of the molecule is CCCCN(Cc1ccccc1)CC(O)c1cc2c(c3ccccc13)CCCC2. The fraction of sp³-hybridized carbons (Fsp3) is 0.407. The molecular formula is C27H33NO. The van der Waals surface area contributed by atoms with Gasteiger partial charge in [0.2, 0.25) is 0 Å². The van der Waals surface area contributed by atoms with Crippen LogP contribution in [-0.2, 0) is 19.4 Å². The molecule has 2 nitrogen and oxygen atoms in total. The van der Waals surface area contributed by atoms with Crippen molar-refractivity contribution in [2.45, 2.75) is 58.1 Å². The van der Waals surface area contributed by atoms with Crippen molar-refractivity contribution in [1.29, 1.82) is 0 Å². The van der Waals surface area contributed by atoms with Gasteiger partial charge in [-0.15, -0.1) is 0 Å². The van der Waals surface area contributed by atoms with E-state index in [9.17, 15) is 5.11 Å². The van der Waals surface area contributed by atoms with Gasteiger partial charge in [-0.1, -0.05) is 74.0 Å². The average molecular weight is 388 g/mol. The zero-order valence-electron chi connectivity index (χ0n) is 17.6. The van der Waals surface area contributed by atoms with E-state index in [0.29, 0.717) is 6.54 Å². The molecule has 3 aromatic carbocycles. The minimum Gasteiger partial charge on any atom is -0.387 e. The maximum Gasteiger partial charge on any atom is 0.0923 e. The number of aliphatic hydroxyl groups is 1. The van der Waals surface area contributed by atoms with Crippen LogP contribution in [-0.4, -0.2) is 23.1 Å². The Morgan fingerprint density at radius 1 is 0.931 bits per heavy atom.